The Morgan fingerprint density at radius 3 is 2.43 bits per heavy atom. The number of nitrogen functional groups attached to an aromatic ring is 1. The van der Waals surface area contributed by atoms with Gasteiger partial charge in [-0.1, -0.05) is 17.7 Å². The van der Waals surface area contributed by atoms with Crippen molar-refractivity contribution in [3.63, 3.8) is 0 Å². The molecule has 2 N–H and O–H groups in total. The Kier molecular flexibility index (Phi) is 4.97. The van der Waals surface area contributed by atoms with Crippen LogP contribution >= 0.6 is 11.6 Å². The van der Waals surface area contributed by atoms with Gasteiger partial charge in [0.15, 0.2) is 5.78 Å². The number of ketones is 1. The Morgan fingerprint density at radius 2 is 1.87 bits per heavy atom. The maximum atomic E-state index is 12.7. The third kappa shape index (κ3) is 3.83. The number of carbonyl (C=O) groups is 1. The first-order valence-corrected chi connectivity index (χ1v) is 6.90. The highest BCUT2D eigenvalue weighted by molar-refractivity contribution is 6.31. The average molecular weight is 344 g/mol. The maximum absolute atomic E-state index is 12.7. The highest BCUT2D eigenvalue weighted by Gasteiger charge is 2.31. The van der Waals surface area contributed by atoms with Gasteiger partial charge in [0, 0.05) is 28.9 Å². The van der Waals surface area contributed by atoms with E-state index in [2.05, 4.69) is 0 Å². The van der Waals surface area contributed by atoms with Crippen LogP contribution in [0.15, 0.2) is 36.4 Å². The van der Waals surface area contributed by atoms with Crippen LogP contribution < -0.4 is 5.73 Å². The largest absolute Gasteiger partial charge is 0.416 e. The topological polar surface area (TPSA) is 52.3 Å². The lowest BCUT2D eigenvalue weighted by atomic mass is 9.96. The van der Waals surface area contributed by atoms with Crippen molar-refractivity contribution < 1.29 is 22.7 Å². The van der Waals surface area contributed by atoms with Gasteiger partial charge in [-0.2, -0.15) is 13.2 Å². The second-order valence-electron chi connectivity index (χ2n) is 4.86. The van der Waals surface area contributed by atoms with Gasteiger partial charge in [-0.25, -0.2) is 0 Å². The number of nitrogens with two attached hydrogens (primary N) is 1. The molecule has 23 heavy (non-hydrogen) atoms. The predicted molar refractivity (Wildman–Crippen MR) is 81.5 cm³/mol. The van der Waals surface area contributed by atoms with Gasteiger partial charge in [-0.3, -0.25) is 4.79 Å². The normalized spacial score (nSPS) is 11.5. The summed E-state index contributed by atoms with van der Waals surface area (Å²) in [5, 5.41) is 0.332. The third-order valence-electron chi connectivity index (χ3n) is 3.24. The Bertz CT molecular complexity index is 745. The van der Waals surface area contributed by atoms with E-state index in [1.165, 1.54) is 13.2 Å². The number of hydrogen-bond acceptors (Lipinski definition) is 3. The second kappa shape index (κ2) is 6.60. The van der Waals surface area contributed by atoms with Crippen molar-refractivity contribution in [3.8, 4) is 0 Å². The van der Waals surface area contributed by atoms with Crippen LogP contribution in [-0.4, -0.2) is 12.9 Å². The van der Waals surface area contributed by atoms with Crippen LogP contribution in [0.3, 0.4) is 0 Å². The number of anilines is 1. The summed E-state index contributed by atoms with van der Waals surface area (Å²) in [6.07, 6.45) is -4.52. The minimum Gasteiger partial charge on any atom is -0.398 e. The minimum absolute atomic E-state index is 0.0161. The van der Waals surface area contributed by atoms with Gasteiger partial charge in [-0.15, -0.1) is 0 Å². The van der Waals surface area contributed by atoms with E-state index < -0.39 is 17.5 Å². The molecule has 0 heterocycles. The van der Waals surface area contributed by atoms with Gasteiger partial charge in [0.25, 0.3) is 0 Å². The average Bonchev–Trinajstić information content (AvgIpc) is 2.47. The minimum atomic E-state index is -4.52. The maximum Gasteiger partial charge on any atom is 0.416 e. The molecule has 0 aliphatic carbocycles. The molecule has 0 atom stereocenters. The van der Waals surface area contributed by atoms with Crippen LogP contribution in [0.5, 0.6) is 0 Å². The third-order valence-corrected chi connectivity index (χ3v) is 3.47. The summed E-state index contributed by atoms with van der Waals surface area (Å²) in [6.45, 7) is 0.165. The van der Waals surface area contributed by atoms with Crippen molar-refractivity contribution in [1.82, 2.24) is 0 Å². The molecule has 0 aliphatic rings. The lowest BCUT2D eigenvalue weighted by Gasteiger charge is -2.12. The zero-order chi connectivity index (χ0) is 17.2. The first kappa shape index (κ1) is 17.3. The molecule has 0 amide bonds. The first-order chi connectivity index (χ1) is 10.7. The van der Waals surface area contributed by atoms with Crippen molar-refractivity contribution in [2.75, 3.05) is 12.8 Å². The Morgan fingerprint density at radius 1 is 1.17 bits per heavy atom. The van der Waals surface area contributed by atoms with E-state index in [0.29, 0.717) is 10.6 Å². The Balaban J connectivity index is 2.47. The van der Waals surface area contributed by atoms with E-state index in [9.17, 15) is 18.0 Å². The van der Waals surface area contributed by atoms with Gasteiger partial charge in [0.1, 0.15) is 0 Å². The van der Waals surface area contributed by atoms with Crippen LogP contribution in [0, 0.1) is 0 Å². The monoisotopic (exact) mass is 343 g/mol. The summed E-state index contributed by atoms with van der Waals surface area (Å²) < 4.78 is 43.0. The molecule has 3 nitrogen and oxygen atoms in total. The van der Waals surface area contributed by atoms with Gasteiger partial charge in [-0.05, 0) is 35.9 Å². The van der Waals surface area contributed by atoms with Gasteiger partial charge in [0.2, 0.25) is 0 Å². The van der Waals surface area contributed by atoms with Crippen LogP contribution in [0.2, 0.25) is 5.02 Å². The molecule has 0 aromatic heterocycles. The van der Waals surface area contributed by atoms with E-state index in [0.717, 1.165) is 18.2 Å². The molecule has 0 unspecified atom stereocenters. The summed E-state index contributed by atoms with van der Waals surface area (Å²) in [5.74, 6) is -0.509. The van der Waals surface area contributed by atoms with Crippen molar-refractivity contribution in [2.24, 2.45) is 0 Å². The number of methoxy groups -OCH3 is 1. The van der Waals surface area contributed by atoms with Crippen LogP contribution in [0.4, 0.5) is 18.9 Å². The molecule has 2 aromatic carbocycles. The molecular formula is C16H13ClF3NO2. The summed E-state index contributed by atoms with van der Waals surface area (Å²) >= 11 is 5.90. The van der Waals surface area contributed by atoms with E-state index in [-0.39, 0.29) is 23.4 Å². The lowest BCUT2D eigenvalue weighted by Crippen LogP contribution is -2.11. The standard InChI is InChI=1S/C16H13ClF3NO2/c1-23-8-9-2-4-11(17)7-13(9)15(22)12-5-3-10(6-14(12)21)16(18,19)20/h2-7H,8,21H2,1H3. The number of carbonyl (C=O) groups excluding carboxylic acids is 1. The molecule has 0 bridgehead atoms. The molecule has 0 saturated carbocycles. The first-order valence-electron chi connectivity index (χ1n) is 6.53. The molecule has 0 aliphatic heterocycles. The molecule has 122 valence electrons. The summed E-state index contributed by atoms with van der Waals surface area (Å²) in [4.78, 5) is 12.6. The second-order valence-corrected chi connectivity index (χ2v) is 5.30. The van der Waals surface area contributed by atoms with Gasteiger partial charge < -0.3 is 10.5 Å². The fraction of sp³-hybridized carbons (Fsp3) is 0.188. The highest BCUT2D eigenvalue weighted by Crippen LogP contribution is 2.32. The SMILES string of the molecule is COCc1ccc(Cl)cc1C(=O)c1ccc(C(F)(F)F)cc1N. The number of rotatable bonds is 4. The molecule has 7 heteroatoms. The quantitative estimate of drug-likeness (QED) is 0.664. The van der Waals surface area contributed by atoms with Gasteiger partial charge in [0.05, 0.1) is 12.2 Å². The van der Waals surface area contributed by atoms with Crippen molar-refractivity contribution in [3.05, 3.63) is 63.7 Å². The summed E-state index contributed by atoms with van der Waals surface area (Å²) in [7, 11) is 1.47. The van der Waals surface area contributed by atoms with E-state index in [1.807, 2.05) is 0 Å². The highest BCUT2D eigenvalue weighted by atomic mass is 35.5. The number of benzene rings is 2. The fourth-order valence-electron chi connectivity index (χ4n) is 2.13. The molecule has 2 rings (SSSR count). The number of hydrogen-bond donors (Lipinski definition) is 1. The predicted octanol–water partition coefficient (Wildman–Crippen LogP) is 4.32. The summed E-state index contributed by atoms with van der Waals surface area (Å²) in [5.41, 5.74) is 5.28. The van der Waals surface area contributed by atoms with Crippen molar-refractivity contribution in [1.29, 1.82) is 0 Å². The van der Waals surface area contributed by atoms with E-state index in [1.54, 1.807) is 12.1 Å². The van der Waals surface area contributed by atoms with E-state index >= 15 is 0 Å². The van der Waals surface area contributed by atoms with Gasteiger partial charge >= 0.3 is 6.18 Å². The van der Waals surface area contributed by atoms with Crippen molar-refractivity contribution >= 4 is 23.1 Å². The molecule has 0 fully saturated rings. The Hall–Kier alpha value is -2.05. The number of halogens is 4. The van der Waals surface area contributed by atoms with Crippen LogP contribution in [0.25, 0.3) is 0 Å². The Labute approximate surface area is 135 Å². The number of ether oxygens (including phenoxy) is 1. The van der Waals surface area contributed by atoms with E-state index in [4.69, 9.17) is 22.1 Å². The van der Waals surface area contributed by atoms with Crippen LogP contribution in [-0.2, 0) is 17.5 Å². The number of alkyl halides is 3. The smallest absolute Gasteiger partial charge is 0.398 e. The molecule has 0 spiro atoms. The zero-order valence-corrected chi connectivity index (χ0v) is 12.8. The lowest BCUT2D eigenvalue weighted by molar-refractivity contribution is -0.137. The fourth-order valence-corrected chi connectivity index (χ4v) is 2.30. The summed E-state index contributed by atoms with van der Waals surface area (Å²) in [6, 6.07) is 7.30. The molecule has 0 radical (unpaired) electrons. The van der Waals surface area contributed by atoms with Crippen molar-refractivity contribution in [2.45, 2.75) is 12.8 Å². The molecule has 0 saturated heterocycles. The molecular weight excluding hydrogens is 331 g/mol. The van der Waals surface area contributed by atoms with Crippen LogP contribution in [0.1, 0.15) is 27.0 Å². The zero-order valence-electron chi connectivity index (χ0n) is 12.1. The molecule has 2 aromatic rings.